The lowest BCUT2D eigenvalue weighted by atomic mass is 9.87. The predicted molar refractivity (Wildman–Crippen MR) is 104 cm³/mol. The van der Waals surface area contributed by atoms with Crippen LogP contribution in [-0.4, -0.2) is 30.7 Å². The summed E-state index contributed by atoms with van der Waals surface area (Å²) < 4.78 is 29.2. The average Bonchev–Trinajstić information content (AvgIpc) is 2.60. The summed E-state index contributed by atoms with van der Waals surface area (Å²) in [6.07, 6.45) is 4.39. The van der Waals surface area contributed by atoms with Gasteiger partial charge in [-0.2, -0.15) is 8.42 Å². The number of fused-ring (bicyclic) bond motifs is 1. The minimum Gasteiger partial charge on any atom is -0.508 e. The van der Waals surface area contributed by atoms with E-state index in [1.807, 2.05) is 6.07 Å². The van der Waals surface area contributed by atoms with Gasteiger partial charge in [-0.25, -0.2) is 0 Å². The fraction of sp³-hybridized carbons (Fsp3) is 0.400. The van der Waals surface area contributed by atoms with Gasteiger partial charge < -0.3 is 10.4 Å². The van der Waals surface area contributed by atoms with Crippen molar-refractivity contribution < 1.29 is 18.1 Å². The number of hydrogen-bond acceptors (Lipinski definition) is 4. The molecular weight excluding hydrogens is 350 g/mol. The van der Waals surface area contributed by atoms with Crippen LogP contribution in [0.2, 0.25) is 0 Å². The lowest BCUT2D eigenvalue weighted by Gasteiger charge is -2.25. The maximum absolute atomic E-state index is 10.4. The van der Waals surface area contributed by atoms with Gasteiger partial charge in [0.25, 0.3) is 10.1 Å². The van der Waals surface area contributed by atoms with Crippen molar-refractivity contribution in [3.8, 4) is 5.75 Å². The van der Waals surface area contributed by atoms with Gasteiger partial charge in [0, 0.05) is 6.04 Å². The van der Waals surface area contributed by atoms with E-state index >= 15 is 0 Å². The summed E-state index contributed by atoms with van der Waals surface area (Å²) in [5.41, 5.74) is 3.07. The van der Waals surface area contributed by atoms with E-state index < -0.39 is 10.1 Å². The SMILES string of the molecule is CCCNC1CCc2c(O)cccc2C1.O=S(=O)(O)Cc1ccccc1. The summed E-state index contributed by atoms with van der Waals surface area (Å²) in [4.78, 5) is 0. The van der Waals surface area contributed by atoms with Gasteiger partial charge in [-0.15, -0.1) is 0 Å². The summed E-state index contributed by atoms with van der Waals surface area (Å²) in [6, 6.07) is 15.0. The highest BCUT2D eigenvalue weighted by Crippen LogP contribution is 2.28. The van der Waals surface area contributed by atoms with E-state index in [-0.39, 0.29) is 5.75 Å². The maximum atomic E-state index is 10.4. The Morgan fingerprint density at radius 3 is 2.50 bits per heavy atom. The second-order valence-corrected chi connectivity index (χ2v) is 7.97. The third-order valence-electron chi connectivity index (χ3n) is 4.33. The molecule has 5 nitrogen and oxygen atoms in total. The van der Waals surface area contributed by atoms with Crippen LogP contribution in [0, 0.1) is 0 Å². The smallest absolute Gasteiger partial charge is 0.269 e. The standard InChI is InChI=1S/C13H19NO.C7H8O3S/c1-2-8-14-11-6-7-12-10(9-11)4-3-5-13(12)15;8-11(9,10)6-7-4-2-1-3-5-7/h3-5,11,14-15H,2,6-9H2,1H3;1-5H,6H2,(H,8,9,10). The van der Waals surface area contributed by atoms with Gasteiger partial charge in [0.05, 0.1) is 0 Å². The summed E-state index contributed by atoms with van der Waals surface area (Å²) in [5, 5.41) is 13.2. The number of aromatic hydroxyl groups is 1. The van der Waals surface area contributed by atoms with E-state index in [1.54, 1.807) is 36.4 Å². The van der Waals surface area contributed by atoms with Crippen LogP contribution in [0.5, 0.6) is 5.75 Å². The van der Waals surface area contributed by atoms with Crippen molar-refractivity contribution in [3.05, 3.63) is 65.2 Å². The quantitative estimate of drug-likeness (QED) is 0.696. The zero-order valence-corrected chi connectivity index (χ0v) is 15.9. The van der Waals surface area contributed by atoms with Crippen molar-refractivity contribution in [1.82, 2.24) is 5.32 Å². The van der Waals surface area contributed by atoms with Gasteiger partial charge in [-0.1, -0.05) is 49.4 Å². The Labute approximate surface area is 155 Å². The van der Waals surface area contributed by atoms with E-state index in [0.29, 0.717) is 17.4 Å². The molecule has 1 atom stereocenters. The summed E-state index contributed by atoms with van der Waals surface area (Å²) in [6.45, 7) is 3.29. The van der Waals surface area contributed by atoms with Crippen LogP contribution in [0.25, 0.3) is 0 Å². The normalized spacial score (nSPS) is 16.3. The molecule has 0 aliphatic heterocycles. The Morgan fingerprint density at radius 2 is 1.85 bits per heavy atom. The van der Waals surface area contributed by atoms with Crippen molar-refractivity contribution in [3.63, 3.8) is 0 Å². The van der Waals surface area contributed by atoms with Gasteiger partial charge in [0.1, 0.15) is 11.5 Å². The fourth-order valence-electron chi connectivity index (χ4n) is 3.09. The molecule has 142 valence electrons. The van der Waals surface area contributed by atoms with Crippen LogP contribution < -0.4 is 5.32 Å². The zero-order chi connectivity index (χ0) is 19.0. The van der Waals surface area contributed by atoms with Crippen LogP contribution in [0.3, 0.4) is 0 Å². The van der Waals surface area contributed by atoms with Crippen LogP contribution in [-0.2, 0) is 28.7 Å². The first-order chi connectivity index (χ1) is 12.4. The molecule has 0 bridgehead atoms. The first kappa shape index (κ1) is 20.4. The second kappa shape index (κ2) is 9.71. The van der Waals surface area contributed by atoms with E-state index in [4.69, 9.17) is 4.55 Å². The number of phenolic OH excluding ortho intramolecular Hbond substituents is 1. The van der Waals surface area contributed by atoms with Gasteiger partial charge >= 0.3 is 0 Å². The lowest BCUT2D eigenvalue weighted by molar-refractivity contribution is 0.432. The predicted octanol–water partition coefficient (Wildman–Crippen LogP) is 3.32. The van der Waals surface area contributed by atoms with Gasteiger partial charge in [0.2, 0.25) is 0 Å². The molecule has 0 heterocycles. The van der Waals surface area contributed by atoms with Gasteiger partial charge in [0.15, 0.2) is 0 Å². The van der Waals surface area contributed by atoms with Crippen molar-refractivity contribution in [2.45, 2.75) is 44.4 Å². The molecular formula is C20H27NO4S. The van der Waals surface area contributed by atoms with E-state index in [2.05, 4.69) is 18.3 Å². The first-order valence-corrected chi connectivity index (χ1v) is 10.5. The number of nitrogens with one attached hydrogen (secondary N) is 1. The lowest BCUT2D eigenvalue weighted by Crippen LogP contribution is -2.34. The van der Waals surface area contributed by atoms with E-state index in [9.17, 15) is 13.5 Å². The highest BCUT2D eigenvalue weighted by Gasteiger charge is 2.19. The molecule has 3 rings (SSSR count). The Morgan fingerprint density at radius 1 is 1.12 bits per heavy atom. The van der Waals surface area contributed by atoms with E-state index in [0.717, 1.165) is 31.4 Å². The molecule has 0 fully saturated rings. The summed E-state index contributed by atoms with van der Waals surface area (Å²) in [7, 11) is -3.88. The molecule has 0 spiro atoms. The number of phenols is 1. The molecule has 0 aromatic heterocycles. The minimum absolute atomic E-state index is 0.312. The molecule has 0 radical (unpaired) electrons. The molecule has 2 aromatic rings. The summed E-state index contributed by atoms with van der Waals surface area (Å²) in [5.74, 6) is 0.162. The maximum Gasteiger partial charge on any atom is 0.269 e. The highest BCUT2D eigenvalue weighted by molar-refractivity contribution is 7.85. The number of benzene rings is 2. The second-order valence-electron chi connectivity index (χ2n) is 6.52. The molecule has 6 heteroatoms. The Balaban J connectivity index is 0.000000197. The van der Waals surface area contributed by atoms with E-state index in [1.165, 1.54) is 12.0 Å². The third kappa shape index (κ3) is 6.78. The topological polar surface area (TPSA) is 86.6 Å². The fourth-order valence-corrected chi connectivity index (χ4v) is 3.71. The van der Waals surface area contributed by atoms with Crippen molar-refractivity contribution in [2.24, 2.45) is 0 Å². The first-order valence-electron chi connectivity index (χ1n) is 8.91. The van der Waals surface area contributed by atoms with Crippen molar-refractivity contribution in [1.29, 1.82) is 0 Å². The van der Waals surface area contributed by atoms with Gasteiger partial charge in [-0.05, 0) is 55.0 Å². The highest BCUT2D eigenvalue weighted by atomic mass is 32.2. The van der Waals surface area contributed by atoms with Crippen LogP contribution in [0.1, 0.15) is 36.5 Å². The Bertz CT molecular complexity index is 791. The molecule has 1 unspecified atom stereocenters. The monoisotopic (exact) mass is 377 g/mol. The molecule has 3 N–H and O–H groups in total. The number of hydrogen-bond donors (Lipinski definition) is 3. The molecule has 0 saturated heterocycles. The van der Waals surface area contributed by atoms with Crippen LogP contribution in [0.4, 0.5) is 0 Å². The molecule has 1 aliphatic carbocycles. The average molecular weight is 378 g/mol. The third-order valence-corrected chi connectivity index (χ3v) is 5.03. The van der Waals surface area contributed by atoms with Crippen molar-refractivity contribution in [2.75, 3.05) is 6.54 Å². The largest absolute Gasteiger partial charge is 0.508 e. The van der Waals surface area contributed by atoms with Gasteiger partial charge in [-0.3, -0.25) is 4.55 Å². The summed E-state index contributed by atoms with van der Waals surface area (Å²) >= 11 is 0. The number of rotatable bonds is 5. The van der Waals surface area contributed by atoms with Crippen LogP contribution >= 0.6 is 0 Å². The Hall–Kier alpha value is -1.89. The Kier molecular flexibility index (Phi) is 7.63. The zero-order valence-electron chi connectivity index (χ0n) is 15.1. The van der Waals surface area contributed by atoms with Crippen molar-refractivity contribution >= 4 is 10.1 Å². The molecule has 2 aromatic carbocycles. The molecule has 1 aliphatic rings. The molecule has 26 heavy (non-hydrogen) atoms. The molecule has 0 amide bonds. The van der Waals surface area contributed by atoms with Crippen LogP contribution in [0.15, 0.2) is 48.5 Å². The minimum atomic E-state index is -3.88. The molecule has 0 saturated carbocycles.